The minimum atomic E-state index is -1.03. The first-order chi connectivity index (χ1) is 42.8. The summed E-state index contributed by atoms with van der Waals surface area (Å²) in [5.74, 6) is -0.264. The zero-order valence-electron chi connectivity index (χ0n) is 54.0. The van der Waals surface area contributed by atoms with E-state index in [-0.39, 0.29) is 92.7 Å². The molecule has 0 fully saturated rings. The van der Waals surface area contributed by atoms with Crippen LogP contribution in [0.2, 0.25) is 0 Å². The van der Waals surface area contributed by atoms with Gasteiger partial charge in [0.1, 0.15) is 46.4 Å². The SMILES string of the molecule is COC1C=CC=C(C)C(=O)Nc2cc(O)c(N=CCCOCCCCOCCC=Nc3c(O)cc4c(O)c3CC(C)CC(OC)C(O)C(C)C=C(C)C(C(=O)ON)C(OC)C=CC=C(C)C(=O)N4)c(c2O)CC(C)CC(OC)C(O)C(C)C=C(C)C1OC(N)=O. The Morgan fingerprint density at radius 2 is 1.06 bits per heavy atom. The topological polar surface area (TPSA) is 364 Å². The average molecular weight is 1260 g/mol. The predicted octanol–water partition coefficient (Wildman–Crippen LogP) is 8.70. The second-order valence-corrected chi connectivity index (χ2v) is 23.1. The van der Waals surface area contributed by atoms with Gasteiger partial charge in [-0.05, 0) is 83.6 Å². The highest BCUT2D eigenvalue weighted by Gasteiger charge is 2.34. The van der Waals surface area contributed by atoms with Crippen LogP contribution in [-0.2, 0) is 65.2 Å². The van der Waals surface area contributed by atoms with Crippen molar-refractivity contribution in [3.05, 3.63) is 94.2 Å². The third kappa shape index (κ3) is 22.3. The van der Waals surface area contributed by atoms with E-state index in [1.807, 2.05) is 13.8 Å². The third-order valence-electron chi connectivity index (χ3n) is 15.9. The standard InChI is InChI=1S/C66H96N6O18/c1-37-29-45-56(49(73)35-47(60(45)77)71-63(79)39(3)19-15-21-51(83-9)55(65(81)90-68)41(5)33-42(6)58(75)53(31-37)85-11)69-23-17-27-87-25-13-14-26-88-28-18-24-70-57-46-30-38(2)32-54(86-12)59(76)43(7)34-44(8)62(89-66(67)82)52(84-10)22-16-20-40(4)64(80)72-48(61(46)78)36-50(57)74/h15-16,19-24,33-38,42-43,51-55,58-59,62,73-78H,13-14,17-18,25-32,68H2,1-12H3,(H2,67,82)(H,71,79)(H,72,80). The molecule has 498 valence electrons. The lowest BCUT2D eigenvalue weighted by Gasteiger charge is -2.29. The normalized spacial score (nSPS) is 25.7. The zero-order valence-corrected chi connectivity index (χ0v) is 54.0. The number of methoxy groups -OCH3 is 4. The Balaban J connectivity index is 1.40. The minimum absolute atomic E-state index is 0.0409. The Morgan fingerprint density at radius 3 is 1.46 bits per heavy atom. The maximum absolute atomic E-state index is 13.4. The van der Waals surface area contributed by atoms with E-state index in [2.05, 4.69) is 25.5 Å². The van der Waals surface area contributed by atoms with Crippen molar-refractivity contribution >= 4 is 59.1 Å². The summed E-state index contributed by atoms with van der Waals surface area (Å²) in [4.78, 5) is 65.5. The van der Waals surface area contributed by atoms with Crippen LogP contribution in [0, 0.1) is 29.6 Å². The van der Waals surface area contributed by atoms with Crippen molar-refractivity contribution < 1.29 is 87.8 Å². The van der Waals surface area contributed by atoms with Gasteiger partial charge < -0.3 is 85.0 Å². The molecule has 0 aliphatic carbocycles. The molecule has 4 bridgehead atoms. The molecule has 4 rings (SSSR count). The number of nitrogens with two attached hydrogens (primary N) is 2. The van der Waals surface area contributed by atoms with Crippen LogP contribution in [0.1, 0.15) is 105 Å². The number of allylic oxidation sites excluding steroid dienone is 4. The number of aromatic hydroxyl groups is 4. The van der Waals surface area contributed by atoms with Crippen molar-refractivity contribution in [3.63, 3.8) is 0 Å². The van der Waals surface area contributed by atoms with Crippen LogP contribution >= 0.6 is 0 Å². The van der Waals surface area contributed by atoms with Crippen LogP contribution in [-0.4, -0.2) is 165 Å². The minimum Gasteiger partial charge on any atom is -0.506 e. The number of carbonyl (C=O) groups is 4. The summed E-state index contributed by atoms with van der Waals surface area (Å²) in [5, 5.41) is 74.6. The van der Waals surface area contributed by atoms with E-state index < -0.39 is 84.4 Å². The van der Waals surface area contributed by atoms with Gasteiger partial charge in [0.2, 0.25) is 0 Å². The molecule has 12 unspecified atom stereocenters. The maximum atomic E-state index is 13.4. The predicted molar refractivity (Wildman–Crippen MR) is 343 cm³/mol. The number of hydrogen-bond acceptors (Lipinski definition) is 21. The van der Waals surface area contributed by atoms with Crippen LogP contribution in [0.5, 0.6) is 23.0 Å². The molecule has 2 aromatic rings. The van der Waals surface area contributed by atoms with Gasteiger partial charge in [0, 0.05) is 113 Å². The van der Waals surface area contributed by atoms with Crippen LogP contribution in [0.4, 0.5) is 27.5 Å². The van der Waals surface area contributed by atoms with Gasteiger partial charge in [-0.15, -0.1) is 0 Å². The molecule has 12 N–H and O–H groups in total. The first-order valence-electron chi connectivity index (χ1n) is 30.2. The monoisotopic (exact) mass is 1260 g/mol. The molecule has 3 amide bonds. The number of phenols is 4. The van der Waals surface area contributed by atoms with E-state index in [9.17, 15) is 49.8 Å². The number of aliphatic hydroxyl groups is 2. The number of rotatable bonds is 19. The van der Waals surface area contributed by atoms with Crippen LogP contribution in [0.25, 0.3) is 0 Å². The molecule has 24 heteroatoms. The van der Waals surface area contributed by atoms with Gasteiger partial charge in [0.15, 0.2) is 6.10 Å². The van der Waals surface area contributed by atoms with E-state index in [0.29, 0.717) is 76.1 Å². The number of nitrogens with one attached hydrogen (secondary N) is 2. The van der Waals surface area contributed by atoms with Gasteiger partial charge in [-0.3, -0.25) is 19.6 Å². The van der Waals surface area contributed by atoms with Gasteiger partial charge >= 0.3 is 12.1 Å². The van der Waals surface area contributed by atoms with Crippen molar-refractivity contribution in [1.29, 1.82) is 0 Å². The molecule has 0 saturated heterocycles. The number of aliphatic imine (C=N–C) groups is 2. The number of unbranched alkanes of at least 4 members (excludes halogenated alkanes) is 1. The summed E-state index contributed by atoms with van der Waals surface area (Å²) < 4.78 is 40.0. The number of ether oxygens (including phenoxy) is 7. The van der Waals surface area contributed by atoms with Crippen LogP contribution in [0.3, 0.4) is 0 Å². The summed E-state index contributed by atoms with van der Waals surface area (Å²) in [6, 6.07) is 2.45. The highest BCUT2D eigenvalue weighted by Crippen LogP contribution is 2.46. The quantitative estimate of drug-likeness (QED) is 0.0157. The van der Waals surface area contributed by atoms with Gasteiger partial charge in [-0.25, -0.2) is 9.59 Å². The molecule has 0 saturated carbocycles. The van der Waals surface area contributed by atoms with E-state index >= 15 is 0 Å². The number of anilines is 2. The van der Waals surface area contributed by atoms with E-state index in [1.165, 1.54) is 52.7 Å². The lowest BCUT2D eigenvalue weighted by atomic mass is 9.86. The Labute approximate surface area is 528 Å². The number of primary amides is 1. The number of hydrogen-bond donors (Lipinski definition) is 10. The van der Waals surface area contributed by atoms with Crippen LogP contribution < -0.4 is 22.3 Å². The first kappa shape index (κ1) is 75.2. The van der Waals surface area contributed by atoms with Crippen molar-refractivity contribution in [2.24, 2.45) is 51.2 Å². The molecular weight excluding hydrogens is 1160 g/mol. The van der Waals surface area contributed by atoms with E-state index in [1.54, 1.807) is 90.4 Å². The summed E-state index contributed by atoms with van der Waals surface area (Å²) >= 11 is 0. The van der Waals surface area contributed by atoms with E-state index in [0.717, 1.165) is 0 Å². The number of fused-ring (bicyclic) bond motifs is 4. The smallest absolute Gasteiger partial charge is 0.405 e. The lowest BCUT2D eigenvalue weighted by molar-refractivity contribution is -0.151. The molecule has 2 aromatic carbocycles. The molecule has 0 aromatic heterocycles. The number of aliphatic hydroxyl groups excluding tert-OH is 2. The van der Waals surface area contributed by atoms with Gasteiger partial charge in [0.05, 0.1) is 55.1 Å². The fourth-order valence-corrected chi connectivity index (χ4v) is 10.8. The number of benzene rings is 2. The van der Waals surface area contributed by atoms with Crippen molar-refractivity contribution in [2.45, 2.75) is 149 Å². The molecule has 0 radical (unpaired) electrons. The Hall–Kier alpha value is -7.26. The summed E-state index contributed by atoms with van der Waals surface area (Å²) in [7, 11) is 5.81. The van der Waals surface area contributed by atoms with Gasteiger partial charge in [-0.2, -0.15) is 5.90 Å². The summed E-state index contributed by atoms with van der Waals surface area (Å²) in [6.07, 6.45) is 11.8. The van der Waals surface area contributed by atoms with Gasteiger partial charge in [0.25, 0.3) is 11.8 Å². The highest BCUT2D eigenvalue weighted by molar-refractivity contribution is 6.05. The highest BCUT2D eigenvalue weighted by atomic mass is 16.7. The molecule has 0 spiro atoms. The zero-order chi connectivity index (χ0) is 66.8. The Bertz CT molecular complexity index is 2970. The van der Waals surface area contributed by atoms with Gasteiger partial charge in [-0.1, -0.05) is 81.9 Å². The number of phenolic OH excluding ortho intramolecular Hbond substituents is 4. The largest absolute Gasteiger partial charge is 0.506 e. The van der Waals surface area contributed by atoms with Crippen molar-refractivity contribution in [1.82, 2.24) is 0 Å². The molecule has 2 aliphatic rings. The number of carbonyl (C=O) groups excluding carboxylic acids is 4. The summed E-state index contributed by atoms with van der Waals surface area (Å²) in [6.45, 7) is 15.4. The van der Waals surface area contributed by atoms with E-state index in [4.69, 9.17) is 44.8 Å². The first-order valence-corrected chi connectivity index (χ1v) is 30.2. The number of nitrogens with zero attached hydrogens (tertiary/aromatic N) is 2. The average Bonchev–Trinajstić information content (AvgIpc) is 0.889. The Kier molecular flexibility index (Phi) is 31.6. The van der Waals surface area contributed by atoms with Crippen molar-refractivity contribution in [3.8, 4) is 23.0 Å². The lowest BCUT2D eigenvalue weighted by Crippen LogP contribution is -2.37. The fraction of sp³-hybridized carbons (Fsp3) is 0.545. The van der Waals surface area contributed by atoms with Crippen LogP contribution in [0.15, 0.2) is 93.0 Å². The molecule has 2 heterocycles. The third-order valence-corrected chi connectivity index (χ3v) is 15.9. The molecule has 12 atom stereocenters. The molecular formula is C66H96N6O18. The maximum Gasteiger partial charge on any atom is 0.405 e. The molecule has 24 nitrogen and oxygen atoms in total. The second-order valence-electron chi connectivity index (χ2n) is 23.1. The summed E-state index contributed by atoms with van der Waals surface area (Å²) in [5.41, 5.74) is 7.65. The second kappa shape index (κ2) is 37.8. The van der Waals surface area contributed by atoms with Crippen molar-refractivity contribution in [2.75, 3.05) is 65.5 Å². The number of amides is 3. The fourth-order valence-electron chi connectivity index (χ4n) is 10.8. The Morgan fingerprint density at radius 1 is 0.633 bits per heavy atom. The molecule has 2 aliphatic heterocycles. The molecule has 90 heavy (non-hydrogen) atoms.